The van der Waals surface area contributed by atoms with E-state index in [0.29, 0.717) is 11.1 Å². The van der Waals surface area contributed by atoms with Crippen molar-refractivity contribution in [2.45, 2.75) is 32.7 Å². The highest BCUT2D eigenvalue weighted by molar-refractivity contribution is 6.31. The highest BCUT2D eigenvalue weighted by Crippen LogP contribution is 2.32. The third-order valence-electron chi connectivity index (χ3n) is 4.56. The number of aryl methyl sites for hydroxylation is 1. The highest BCUT2D eigenvalue weighted by atomic mass is 35.5. The minimum Gasteiger partial charge on any atom is -0.391 e. The van der Waals surface area contributed by atoms with Gasteiger partial charge in [-0.25, -0.2) is 0 Å². The van der Waals surface area contributed by atoms with Crippen molar-refractivity contribution >= 4 is 23.2 Å². The molecule has 2 N–H and O–H groups in total. The topological polar surface area (TPSA) is 72.0 Å². The number of nitrogens with zero attached hydrogens (tertiary/aromatic N) is 1. The lowest BCUT2D eigenvalue weighted by Crippen LogP contribution is -2.36. The van der Waals surface area contributed by atoms with Gasteiger partial charge in [0.05, 0.1) is 18.4 Å². The van der Waals surface area contributed by atoms with Crippen LogP contribution in [0.15, 0.2) is 41.6 Å². The standard InChI is InChI=1S/C21H23ClF3N3O3/c1-12-6-5-7-17(19(28-30-4)20(29)26-3)18(12)11-31-27-13(2)14-8-15(21(23,24)25)10-16(22)9-14/h5-10,19,28H,11H2,1-4H3,(H,26,29)/b27-13+. The molecule has 1 amide bonds. The van der Waals surface area contributed by atoms with Crippen molar-refractivity contribution in [3.05, 3.63) is 69.2 Å². The van der Waals surface area contributed by atoms with Gasteiger partial charge in [0.25, 0.3) is 0 Å². The summed E-state index contributed by atoms with van der Waals surface area (Å²) in [6, 6.07) is 7.78. The Morgan fingerprint density at radius 2 is 1.97 bits per heavy atom. The molecule has 0 fully saturated rings. The van der Waals surface area contributed by atoms with Crippen LogP contribution >= 0.6 is 11.6 Å². The van der Waals surface area contributed by atoms with Crippen LogP contribution < -0.4 is 10.8 Å². The molecule has 168 valence electrons. The Kier molecular flexibility index (Phi) is 8.43. The van der Waals surface area contributed by atoms with Crippen LogP contribution in [0.5, 0.6) is 0 Å². The summed E-state index contributed by atoms with van der Waals surface area (Å²) < 4.78 is 39.1. The van der Waals surface area contributed by atoms with E-state index in [1.165, 1.54) is 27.1 Å². The van der Waals surface area contributed by atoms with E-state index in [-0.39, 0.29) is 28.8 Å². The van der Waals surface area contributed by atoms with Gasteiger partial charge in [-0.15, -0.1) is 0 Å². The molecule has 10 heteroatoms. The van der Waals surface area contributed by atoms with Crippen molar-refractivity contribution in [1.82, 2.24) is 10.8 Å². The maximum absolute atomic E-state index is 13.0. The summed E-state index contributed by atoms with van der Waals surface area (Å²) in [7, 11) is 2.91. The monoisotopic (exact) mass is 457 g/mol. The van der Waals surface area contributed by atoms with Crippen molar-refractivity contribution in [2.75, 3.05) is 14.2 Å². The first kappa shape index (κ1) is 24.6. The molecule has 0 spiro atoms. The minimum absolute atomic E-state index is 0.00900. The molecule has 0 radical (unpaired) electrons. The molecule has 0 aliphatic heterocycles. The average molecular weight is 458 g/mol. The molecule has 0 aliphatic rings. The summed E-state index contributed by atoms with van der Waals surface area (Å²) in [5.41, 5.74) is 4.35. The molecule has 2 aromatic rings. The Labute approximate surface area is 183 Å². The summed E-state index contributed by atoms with van der Waals surface area (Å²) in [6.07, 6.45) is -4.53. The van der Waals surface area contributed by atoms with E-state index in [2.05, 4.69) is 16.0 Å². The van der Waals surface area contributed by atoms with Crippen molar-refractivity contribution in [3.8, 4) is 0 Å². The van der Waals surface area contributed by atoms with E-state index in [1.807, 2.05) is 13.0 Å². The van der Waals surface area contributed by atoms with Crippen LogP contribution in [-0.2, 0) is 27.3 Å². The molecule has 1 atom stereocenters. The van der Waals surface area contributed by atoms with Gasteiger partial charge < -0.3 is 15.0 Å². The maximum Gasteiger partial charge on any atom is 0.416 e. The van der Waals surface area contributed by atoms with E-state index in [9.17, 15) is 18.0 Å². The normalized spacial score (nSPS) is 13.1. The van der Waals surface area contributed by atoms with E-state index in [1.54, 1.807) is 12.1 Å². The highest BCUT2D eigenvalue weighted by Gasteiger charge is 2.31. The van der Waals surface area contributed by atoms with Crippen LogP contribution in [0.4, 0.5) is 13.2 Å². The number of alkyl halides is 3. The smallest absolute Gasteiger partial charge is 0.391 e. The van der Waals surface area contributed by atoms with Crippen LogP contribution in [0.2, 0.25) is 5.02 Å². The molecule has 0 aromatic heterocycles. The zero-order valence-electron chi connectivity index (χ0n) is 17.4. The van der Waals surface area contributed by atoms with Crippen molar-refractivity contribution in [1.29, 1.82) is 0 Å². The largest absolute Gasteiger partial charge is 0.416 e. The summed E-state index contributed by atoms with van der Waals surface area (Å²) in [5, 5.41) is 6.45. The molecular weight excluding hydrogens is 435 g/mol. The van der Waals surface area contributed by atoms with Gasteiger partial charge in [-0.1, -0.05) is 35.0 Å². The third-order valence-corrected chi connectivity index (χ3v) is 4.77. The van der Waals surface area contributed by atoms with Gasteiger partial charge in [-0.05, 0) is 43.2 Å². The molecule has 6 nitrogen and oxygen atoms in total. The molecule has 0 saturated heterocycles. The fraction of sp³-hybridized carbons (Fsp3) is 0.333. The lowest BCUT2D eigenvalue weighted by Gasteiger charge is -2.20. The molecule has 0 heterocycles. The van der Waals surface area contributed by atoms with Gasteiger partial charge in [0.15, 0.2) is 0 Å². The number of nitrogens with one attached hydrogen (secondary N) is 2. The van der Waals surface area contributed by atoms with Crippen molar-refractivity contribution < 1.29 is 27.6 Å². The number of hydrogen-bond acceptors (Lipinski definition) is 5. The van der Waals surface area contributed by atoms with Gasteiger partial charge in [0.1, 0.15) is 12.6 Å². The molecular formula is C21H23ClF3N3O3. The number of carbonyl (C=O) groups excluding carboxylic acids is 1. The fourth-order valence-electron chi connectivity index (χ4n) is 2.92. The van der Waals surface area contributed by atoms with Crippen LogP contribution in [0, 0.1) is 6.92 Å². The van der Waals surface area contributed by atoms with E-state index < -0.39 is 17.8 Å². The van der Waals surface area contributed by atoms with Gasteiger partial charge in [-0.3, -0.25) is 4.79 Å². The number of hydrogen-bond donors (Lipinski definition) is 2. The summed E-state index contributed by atoms with van der Waals surface area (Å²) in [6.45, 7) is 3.36. The summed E-state index contributed by atoms with van der Waals surface area (Å²) in [4.78, 5) is 22.6. The van der Waals surface area contributed by atoms with Gasteiger partial charge in [-0.2, -0.15) is 18.7 Å². The number of carbonyl (C=O) groups is 1. The number of likely N-dealkylation sites (N-methyl/N-ethyl adjacent to an activating group) is 1. The Balaban J connectivity index is 2.29. The Morgan fingerprint density at radius 1 is 1.26 bits per heavy atom. The lowest BCUT2D eigenvalue weighted by molar-refractivity contribution is -0.137. The van der Waals surface area contributed by atoms with E-state index in [4.69, 9.17) is 21.3 Å². The second kappa shape index (κ2) is 10.6. The number of benzene rings is 2. The van der Waals surface area contributed by atoms with Crippen LogP contribution in [0.25, 0.3) is 0 Å². The zero-order chi connectivity index (χ0) is 23.2. The second-order valence-electron chi connectivity index (χ2n) is 6.69. The molecule has 0 saturated carbocycles. The van der Waals surface area contributed by atoms with Crippen molar-refractivity contribution in [2.24, 2.45) is 5.16 Å². The molecule has 0 bridgehead atoms. The average Bonchev–Trinajstić information content (AvgIpc) is 2.71. The van der Waals surface area contributed by atoms with Gasteiger partial charge >= 0.3 is 6.18 Å². The van der Waals surface area contributed by atoms with Crippen LogP contribution in [0.3, 0.4) is 0 Å². The molecule has 0 aliphatic carbocycles. The van der Waals surface area contributed by atoms with Crippen molar-refractivity contribution in [3.63, 3.8) is 0 Å². The lowest BCUT2D eigenvalue weighted by atomic mass is 9.96. The molecule has 2 rings (SSSR count). The first-order valence-electron chi connectivity index (χ1n) is 9.21. The minimum atomic E-state index is -4.53. The number of hydroxylamine groups is 1. The Morgan fingerprint density at radius 3 is 2.58 bits per heavy atom. The summed E-state index contributed by atoms with van der Waals surface area (Å²) in [5.74, 6) is -0.313. The third kappa shape index (κ3) is 6.43. The number of oxime groups is 1. The van der Waals surface area contributed by atoms with Crippen LogP contribution in [0.1, 0.15) is 40.8 Å². The van der Waals surface area contributed by atoms with E-state index in [0.717, 1.165) is 17.7 Å². The molecule has 31 heavy (non-hydrogen) atoms. The van der Waals surface area contributed by atoms with Crippen LogP contribution in [-0.4, -0.2) is 25.8 Å². The maximum atomic E-state index is 13.0. The van der Waals surface area contributed by atoms with Gasteiger partial charge in [0.2, 0.25) is 5.91 Å². The SMILES string of the molecule is CNC(=O)C(NOC)c1cccc(C)c1CO/N=C(\C)c1cc(Cl)cc(C(F)(F)F)c1. The van der Waals surface area contributed by atoms with Gasteiger partial charge in [0, 0.05) is 23.2 Å². The summed E-state index contributed by atoms with van der Waals surface area (Å²) >= 11 is 5.83. The molecule has 2 aromatic carbocycles. The number of halogens is 4. The fourth-order valence-corrected chi connectivity index (χ4v) is 3.16. The first-order chi connectivity index (χ1) is 14.6. The second-order valence-corrected chi connectivity index (χ2v) is 7.12. The molecule has 1 unspecified atom stereocenters. The predicted molar refractivity (Wildman–Crippen MR) is 112 cm³/mol. The number of amides is 1. The zero-order valence-corrected chi connectivity index (χ0v) is 18.2. The number of rotatable bonds is 8. The first-order valence-corrected chi connectivity index (χ1v) is 9.59. The Hall–Kier alpha value is -2.62. The quantitative estimate of drug-likeness (QED) is 0.451. The predicted octanol–water partition coefficient (Wildman–Crippen LogP) is 4.55. The van der Waals surface area contributed by atoms with E-state index >= 15 is 0 Å². The Bertz CT molecular complexity index is 965.